The first-order chi connectivity index (χ1) is 10.3. The molecule has 0 amide bonds. The molecule has 0 unspecified atom stereocenters. The molecular weight excluding hydrogens is 260 g/mol. The molecule has 2 rings (SSSR count). The minimum absolute atomic E-state index is 0.00597. The zero-order valence-corrected chi connectivity index (χ0v) is 13.0. The number of hydrogen-bond donors (Lipinski definition) is 0. The summed E-state index contributed by atoms with van der Waals surface area (Å²) in [7, 11) is 1.76. The molecule has 2 nitrogen and oxygen atoms in total. The highest BCUT2D eigenvalue weighted by molar-refractivity contribution is 5.28. The molecule has 0 radical (unpaired) electrons. The highest BCUT2D eigenvalue weighted by Gasteiger charge is 2.30. The van der Waals surface area contributed by atoms with Gasteiger partial charge >= 0.3 is 0 Å². The van der Waals surface area contributed by atoms with Crippen molar-refractivity contribution in [1.82, 2.24) is 0 Å². The van der Waals surface area contributed by atoms with Crippen LogP contribution in [0.3, 0.4) is 0 Å². The van der Waals surface area contributed by atoms with Crippen LogP contribution >= 0.6 is 0 Å². The van der Waals surface area contributed by atoms with Crippen LogP contribution in [0.5, 0.6) is 0 Å². The lowest BCUT2D eigenvalue weighted by atomic mass is 9.85. The van der Waals surface area contributed by atoms with Gasteiger partial charge in [-0.1, -0.05) is 60.7 Å². The molecule has 2 aromatic rings. The SMILES string of the molecule is CCO[C@H](c1ccccc1)[C@@H](c1ccccc1)[C@@H](C)OC. The van der Waals surface area contributed by atoms with Crippen molar-refractivity contribution in [3.8, 4) is 0 Å². The third-order valence-electron chi connectivity index (χ3n) is 3.86. The minimum Gasteiger partial charge on any atom is -0.381 e. The summed E-state index contributed by atoms with van der Waals surface area (Å²) < 4.78 is 11.7. The van der Waals surface area contributed by atoms with Crippen molar-refractivity contribution < 1.29 is 9.47 Å². The molecule has 0 heterocycles. The van der Waals surface area contributed by atoms with Gasteiger partial charge in [0.2, 0.25) is 0 Å². The Morgan fingerprint density at radius 1 is 0.857 bits per heavy atom. The largest absolute Gasteiger partial charge is 0.381 e. The van der Waals surface area contributed by atoms with Crippen molar-refractivity contribution in [1.29, 1.82) is 0 Å². The average Bonchev–Trinajstić information content (AvgIpc) is 2.56. The minimum atomic E-state index is -0.00597. The van der Waals surface area contributed by atoms with Crippen molar-refractivity contribution in [2.75, 3.05) is 13.7 Å². The van der Waals surface area contributed by atoms with Crippen molar-refractivity contribution in [3.05, 3.63) is 71.8 Å². The fraction of sp³-hybridized carbons (Fsp3) is 0.368. The molecule has 2 heteroatoms. The molecule has 0 spiro atoms. The fourth-order valence-corrected chi connectivity index (χ4v) is 2.74. The maximum Gasteiger partial charge on any atom is 0.0918 e. The van der Waals surface area contributed by atoms with Gasteiger partial charge in [0.05, 0.1) is 12.2 Å². The van der Waals surface area contributed by atoms with Crippen LogP contribution in [0.25, 0.3) is 0 Å². The molecule has 0 bridgehead atoms. The highest BCUT2D eigenvalue weighted by Crippen LogP contribution is 2.37. The van der Waals surface area contributed by atoms with E-state index in [9.17, 15) is 0 Å². The van der Waals surface area contributed by atoms with Gasteiger partial charge in [0.25, 0.3) is 0 Å². The first-order valence-electron chi connectivity index (χ1n) is 7.52. The summed E-state index contributed by atoms with van der Waals surface area (Å²) in [6.45, 7) is 4.82. The number of methoxy groups -OCH3 is 1. The van der Waals surface area contributed by atoms with Crippen molar-refractivity contribution in [3.63, 3.8) is 0 Å². The van der Waals surface area contributed by atoms with Crippen LogP contribution in [0.1, 0.15) is 37.0 Å². The van der Waals surface area contributed by atoms with Crippen LogP contribution in [-0.2, 0) is 9.47 Å². The maximum atomic E-state index is 6.09. The molecule has 0 saturated heterocycles. The first-order valence-corrected chi connectivity index (χ1v) is 7.52. The number of hydrogen-bond acceptors (Lipinski definition) is 2. The normalized spacial score (nSPS) is 15.4. The van der Waals surface area contributed by atoms with Gasteiger partial charge in [-0.25, -0.2) is 0 Å². The van der Waals surface area contributed by atoms with Crippen molar-refractivity contribution in [2.45, 2.75) is 32.0 Å². The van der Waals surface area contributed by atoms with Gasteiger partial charge in [-0.2, -0.15) is 0 Å². The quantitative estimate of drug-likeness (QED) is 0.740. The first kappa shape index (κ1) is 15.7. The van der Waals surface area contributed by atoms with Crippen LogP contribution < -0.4 is 0 Å². The molecule has 0 fully saturated rings. The Morgan fingerprint density at radius 2 is 1.38 bits per heavy atom. The van der Waals surface area contributed by atoms with E-state index in [1.807, 2.05) is 19.1 Å². The third kappa shape index (κ3) is 3.93. The summed E-state index contributed by atoms with van der Waals surface area (Å²) >= 11 is 0. The van der Waals surface area contributed by atoms with Crippen LogP contribution in [0.4, 0.5) is 0 Å². The molecular formula is C19H24O2. The summed E-state index contributed by atoms with van der Waals surface area (Å²) in [5, 5.41) is 0. The molecule has 112 valence electrons. The highest BCUT2D eigenvalue weighted by atomic mass is 16.5. The molecule has 0 aliphatic rings. The summed E-state index contributed by atoms with van der Waals surface area (Å²) in [6.07, 6.45) is 0.0673. The zero-order chi connectivity index (χ0) is 15.1. The molecule has 0 aromatic heterocycles. The summed E-state index contributed by atoms with van der Waals surface area (Å²) in [5.41, 5.74) is 2.44. The van der Waals surface area contributed by atoms with E-state index in [2.05, 4.69) is 55.5 Å². The van der Waals surface area contributed by atoms with E-state index in [1.165, 1.54) is 11.1 Å². The molecule has 0 aliphatic heterocycles. The lowest BCUT2D eigenvalue weighted by Gasteiger charge is -2.31. The zero-order valence-electron chi connectivity index (χ0n) is 13.0. The van der Waals surface area contributed by atoms with E-state index in [0.29, 0.717) is 6.61 Å². The molecule has 3 atom stereocenters. The van der Waals surface area contributed by atoms with Crippen LogP contribution in [-0.4, -0.2) is 19.8 Å². The van der Waals surface area contributed by atoms with E-state index < -0.39 is 0 Å². The Morgan fingerprint density at radius 3 is 1.86 bits per heavy atom. The smallest absolute Gasteiger partial charge is 0.0918 e. The fourth-order valence-electron chi connectivity index (χ4n) is 2.74. The van der Waals surface area contributed by atoms with E-state index in [-0.39, 0.29) is 18.1 Å². The predicted molar refractivity (Wildman–Crippen MR) is 86.5 cm³/mol. The second kappa shape index (κ2) is 7.96. The summed E-state index contributed by atoms with van der Waals surface area (Å²) in [6, 6.07) is 20.9. The second-order valence-electron chi connectivity index (χ2n) is 5.16. The molecule has 0 N–H and O–H groups in total. The Hall–Kier alpha value is -1.64. The van der Waals surface area contributed by atoms with E-state index >= 15 is 0 Å². The number of benzene rings is 2. The van der Waals surface area contributed by atoms with E-state index in [0.717, 1.165) is 0 Å². The number of rotatable bonds is 7. The van der Waals surface area contributed by atoms with Gasteiger partial charge in [-0.05, 0) is 25.0 Å². The van der Waals surface area contributed by atoms with Gasteiger partial charge < -0.3 is 9.47 Å². The summed E-state index contributed by atoms with van der Waals surface area (Å²) in [4.78, 5) is 0. The van der Waals surface area contributed by atoms with Gasteiger partial charge in [0, 0.05) is 19.6 Å². The average molecular weight is 284 g/mol. The van der Waals surface area contributed by atoms with Crippen molar-refractivity contribution >= 4 is 0 Å². The van der Waals surface area contributed by atoms with Crippen LogP contribution in [0.2, 0.25) is 0 Å². The molecule has 21 heavy (non-hydrogen) atoms. The van der Waals surface area contributed by atoms with Gasteiger partial charge in [0.15, 0.2) is 0 Å². The molecule has 0 aliphatic carbocycles. The lowest BCUT2D eigenvalue weighted by Crippen LogP contribution is -2.26. The maximum absolute atomic E-state index is 6.09. The van der Waals surface area contributed by atoms with E-state index in [1.54, 1.807) is 7.11 Å². The van der Waals surface area contributed by atoms with Gasteiger partial charge in [-0.15, -0.1) is 0 Å². The monoisotopic (exact) mass is 284 g/mol. The molecule has 0 saturated carbocycles. The number of ether oxygens (including phenoxy) is 2. The Bertz CT molecular complexity index is 510. The lowest BCUT2D eigenvalue weighted by molar-refractivity contribution is -0.0120. The topological polar surface area (TPSA) is 18.5 Å². The second-order valence-corrected chi connectivity index (χ2v) is 5.16. The Labute approximate surface area is 127 Å². The standard InChI is InChI=1S/C19H24O2/c1-4-21-19(17-13-9-6-10-14-17)18(15(2)20-3)16-11-7-5-8-12-16/h5-15,18-19H,4H2,1-3H3/t15-,18-,19-/m1/s1. The van der Waals surface area contributed by atoms with Crippen molar-refractivity contribution in [2.24, 2.45) is 0 Å². The van der Waals surface area contributed by atoms with Gasteiger partial charge in [0.1, 0.15) is 0 Å². The third-order valence-corrected chi connectivity index (χ3v) is 3.86. The van der Waals surface area contributed by atoms with Gasteiger partial charge in [-0.3, -0.25) is 0 Å². The van der Waals surface area contributed by atoms with Crippen LogP contribution in [0.15, 0.2) is 60.7 Å². The molecule has 2 aromatic carbocycles. The van der Waals surface area contributed by atoms with Crippen LogP contribution in [0, 0.1) is 0 Å². The predicted octanol–water partition coefficient (Wildman–Crippen LogP) is 4.58. The Kier molecular flexibility index (Phi) is 5.97. The summed E-state index contributed by atoms with van der Waals surface area (Å²) in [5.74, 6) is 0.165. The van der Waals surface area contributed by atoms with E-state index in [4.69, 9.17) is 9.47 Å². The Balaban J connectivity index is 2.41.